The number of hydrogen-bond donors (Lipinski definition) is 2. The summed E-state index contributed by atoms with van der Waals surface area (Å²) in [6.07, 6.45) is -0.291. The van der Waals surface area contributed by atoms with Crippen LogP contribution in [0.3, 0.4) is 0 Å². The number of fused-ring (bicyclic) bond motifs is 3. The van der Waals surface area contributed by atoms with Gasteiger partial charge in [0.25, 0.3) is 0 Å². The normalized spacial score (nSPS) is 21.0. The molecule has 2 N–H and O–H groups in total. The maximum absolute atomic E-state index is 12.7. The molecule has 7 heteroatoms. The molecule has 2 unspecified atom stereocenters. The van der Waals surface area contributed by atoms with Gasteiger partial charge in [-0.25, -0.2) is 4.99 Å². The van der Waals surface area contributed by atoms with Crippen LogP contribution in [0.1, 0.15) is 36.8 Å². The van der Waals surface area contributed by atoms with Crippen molar-refractivity contribution >= 4 is 17.4 Å². The lowest BCUT2D eigenvalue weighted by Crippen LogP contribution is -2.46. The Morgan fingerprint density at radius 3 is 2.65 bits per heavy atom. The zero-order valence-corrected chi connectivity index (χ0v) is 15.5. The zero-order chi connectivity index (χ0) is 18.6. The van der Waals surface area contributed by atoms with Crippen molar-refractivity contribution in [2.45, 2.75) is 39.8 Å². The molecule has 136 valence electrons. The van der Waals surface area contributed by atoms with E-state index in [2.05, 4.69) is 15.8 Å². The average molecular weight is 354 g/mol. The Morgan fingerprint density at radius 1 is 1.27 bits per heavy atom. The van der Waals surface area contributed by atoms with E-state index in [0.29, 0.717) is 5.75 Å². The van der Waals surface area contributed by atoms with E-state index >= 15 is 0 Å². The Bertz CT molecular complexity index is 910. The number of benzene rings is 1. The zero-order valence-electron chi connectivity index (χ0n) is 15.5. The lowest BCUT2D eigenvalue weighted by Gasteiger charge is -2.25. The third-order valence-electron chi connectivity index (χ3n) is 4.99. The Kier molecular flexibility index (Phi) is 3.75. The molecule has 2 aliphatic rings. The molecule has 2 atom stereocenters. The maximum Gasteiger partial charge on any atom is 0.236 e. The van der Waals surface area contributed by atoms with Gasteiger partial charge in [0.2, 0.25) is 5.91 Å². The lowest BCUT2D eigenvalue weighted by atomic mass is 9.93. The number of anilines is 1. The first-order valence-corrected chi connectivity index (χ1v) is 8.71. The minimum Gasteiger partial charge on any atom is -0.496 e. The van der Waals surface area contributed by atoms with Crippen LogP contribution in [-0.2, 0) is 4.79 Å². The summed E-state index contributed by atoms with van der Waals surface area (Å²) < 4.78 is 10.9. The third-order valence-corrected chi connectivity index (χ3v) is 4.99. The summed E-state index contributed by atoms with van der Waals surface area (Å²) in [5, 5.41) is 10.4. The van der Waals surface area contributed by atoms with Crippen molar-refractivity contribution in [2.24, 2.45) is 10.9 Å². The predicted octanol–water partition coefficient (Wildman–Crippen LogP) is 2.99. The predicted molar refractivity (Wildman–Crippen MR) is 98.5 cm³/mol. The molecule has 4 rings (SSSR count). The fourth-order valence-corrected chi connectivity index (χ4v) is 3.69. The first-order valence-electron chi connectivity index (χ1n) is 8.71. The molecule has 0 saturated carbocycles. The standard InChI is InChI=1S/C19H22N4O3/c1-8(2)17-21-18-16(19(24)22-17)11-7-14(25-5)12(6-13(11)20-18)15-9(3)23-26-10(15)4/h6-8,16,18,20H,1-5H3,(H,21,22,24). The molecule has 1 aromatic heterocycles. The largest absolute Gasteiger partial charge is 0.496 e. The molecule has 2 aromatic rings. The Labute approximate surface area is 151 Å². The van der Waals surface area contributed by atoms with E-state index in [4.69, 9.17) is 14.3 Å². The maximum atomic E-state index is 12.7. The quantitative estimate of drug-likeness (QED) is 0.884. The van der Waals surface area contributed by atoms with Gasteiger partial charge in [-0.05, 0) is 31.5 Å². The highest BCUT2D eigenvalue weighted by Gasteiger charge is 2.42. The van der Waals surface area contributed by atoms with E-state index in [9.17, 15) is 4.79 Å². The number of methoxy groups -OCH3 is 1. The van der Waals surface area contributed by atoms with Crippen molar-refractivity contribution in [3.8, 4) is 16.9 Å². The molecule has 0 fully saturated rings. The van der Waals surface area contributed by atoms with Crippen LogP contribution in [0.4, 0.5) is 5.69 Å². The van der Waals surface area contributed by atoms with Crippen LogP contribution in [0.2, 0.25) is 0 Å². The van der Waals surface area contributed by atoms with Gasteiger partial charge < -0.3 is 19.9 Å². The van der Waals surface area contributed by atoms with E-state index in [1.165, 1.54) is 0 Å². The number of aryl methyl sites for hydroxylation is 2. The van der Waals surface area contributed by atoms with Crippen LogP contribution in [0.25, 0.3) is 11.1 Å². The first-order chi connectivity index (χ1) is 12.4. The first kappa shape index (κ1) is 16.6. The van der Waals surface area contributed by atoms with Crippen LogP contribution in [0.5, 0.6) is 5.75 Å². The minimum atomic E-state index is -0.361. The molecular formula is C19H22N4O3. The highest BCUT2D eigenvalue weighted by atomic mass is 16.5. The van der Waals surface area contributed by atoms with E-state index in [-0.39, 0.29) is 23.9 Å². The Balaban J connectivity index is 1.83. The number of nitrogens with one attached hydrogen (secondary N) is 2. The highest BCUT2D eigenvalue weighted by Crippen LogP contribution is 2.45. The van der Waals surface area contributed by atoms with Gasteiger partial charge in [0.1, 0.15) is 29.4 Å². The van der Waals surface area contributed by atoms with Crippen molar-refractivity contribution in [1.29, 1.82) is 0 Å². The SMILES string of the molecule is COc1cc2c(cc1-c1c(C)noc1C)NC1N=C(C(C)C)NC(=O)C21. The number of aliphatic imine (C=N–C) groups is 1. The van der Waals surface area contributed by atoms with Crippen LogP contribution in [0.15, 0.2) is 21.6 Å². The number of nitrogens with zero attached hydrogens (tertiary/aromatic N) is 2. The molecule has 0 aliphatic carbocycles. The molecule has 7 nitrogen and oxygen atoms in total. The molecule has 0 saturated heterocycles. The molecule has 0 bridgehead atoms. The number of aromatic nitrogens is 1. The Hall–Kier alpha value is -2.83. The van der Waals surface area contributed by atoms with Crippen LogP contribution >= 0.6 is 0 Å². The number of amidine groups is 1. The fourth-order valence-electron chi connectivity index (χ4n) is 3.69. The van der Waals surface area contributed by atoms with Crippen molar-refractivity contribution in [1.82, 2.24) is 10.5 Å². The van der Waals surface area contributed by atoms with Crippen molar-refractivity contribution < 1.29 is 14.1 Å². The van der Waals surface area contributed by atoms with Gasteiger partial charge in [0, 0.05) is 17.2 Å². The average Bonchev–Trinajstić information content (AvgIpc) is 3.12. The van der Waals surface area contributed by atoms with E-state index in [1.54, 1.807) is 7.11 Å². The lowest BCUT2D eigenvalue weighted by molar-refractivity contribution is -0.121. The van der Waals surface area contributed by atoms with Gasteiger partial charge in [0.05, 0.1) is 18.4 Å². The molecule has 1 amide bonds. The van der Waals surface area contributed by atoms with Crippen molar-refractivity contribution in [2.75, 3.05) is 12.4 Å². The van der Waals surface area contributed by atoms with Crippen LogP contribution in [0, 0.1) is 19.8 Å². The van der Waals surface area contributed by atoms with Gasteiger partial charge in [-0.2, -0.15) is 0 Å². The smallest absolute Gasteiger partial charge is 0.236 e. The van der Waals surface area contributed by atoms with E-state index in [0.717, 1.165) is 39.7 Å². The second-order valence-corrected chi connectivity index (χ2v) is 7.06. The highest BCUT2D eigenvalue weighted by molar-refractivity contribution is 6.06. The summed E-state index contributed by atoms with van der Waals surface area (Å²) in [7, 11) is 1.62. The van der Waals surface area contributed by atoms with Crippen LogP contribution < -0.4 is 15.4 Å². The van der Waals surface area contributed by atoms with Gasteiger partial charge in [-0.1, -0.05) is 19.0 Å². The van der Waals surface area contributed by atoms with E-state index < -0.39 is 0 Å². The number of carbonyl (C=O) groups excluding carboxylic acids is 1. The van der Waals surface area contributed by atoms with Gasteiger partial charge in [-0.15, -0.1) is 0 Å². The third kappa shape index (κ3) is 2.38. The molecule has 0 radical (unpaired) electrons. The number of carbonyl (C=O) groups is 1. The molecule has 26 heavy (non-hydrogen) atoms. The monoisotopic (exact) mass is 354 g/mol. The number of ether oxygens (including phenoxy) is 1. The fraction of sp³-hybridized carbons (Fsp3) is 0.421. The summed E-state index contributed by atoms with van der Waals surface area (Å²) >= 11 is 0. The molecule has 3 heterocycles. The van der Waals surface area contributed by atoms with Gasteiger partial charge in [-0.3, -0.25) is 4.79 Å². The number of rotatable bonds is 3. The van der Waals surface area contributed by atoms with Crippen LogP contribution in [-0.4, -0.2) is 30.2 Å². The molecular weight excluding hydrogens is 332 g/mol. The molecule has 2 aliphatic heterocycles. The summed E-state index contributed by atoms with van der Waals surface area (Å²) in [6, 6.07) is 3.92. The van der Waals surface area contributed by atoms with Crippen molar-refractivity contribution in [3.63, 3.8) is 0 Å². The summed E-state index contributed by atoms with van der Waals surface area (Å²) in [4.78, 5) is 17.4. The number of hydrogen-bond acceptors (Lipinski definition) is 6. The summed E-state index contributed by atoms with van der Waals surface area (Å²) in [6.45, 7) is 7.81. The summed E-state index contributed by atoms with van der Waals surface area (Å²) in [5.41, 5.74) is 4.39. The molecule has 1 aromatic carbocycles. The van der Waals surface area contributed by atoms with Crippen molar-refractivity contribution in [3.05, 3.63) is 29.2 Å². The number of amides is 1. The topological polar surface area (TPSA) is 88.8 Å². The second kappa shape index (κ2) is 5.86. The van der Waals surface area contributed by atoms with E-state index in [1.807, 2.05) is 39.8 Å². The van der Waals surface area contributed by atoms with Gasteiger partial charge in [0.15, 0.2) is 0 Å². The second-order valence-electron chi connectivity index (χ2n) is 7.06. The Morgan fingerprint density at radius 2 is 2.04 bits per heavy atom. The van der Waals surface area contributed by atoms with Gasteiger partial charge >= 0.3 is 0 Å². The minimum absolute atomic E-state index is 0.0351. The summed E-state index contributed by atoms with van der Waals surface area (Å²) in [5.74, 6) is 1.90. The molecule has 0 spiro atoms.